The predicted molar refractivity (Wildman–Crippen MR) is 83.5 cm³/mol. The first-order chi connectivity index (χ1) is 10.6. The van der Waals surface area contributed by atoms with Crippen LogP contribution in [0, 0.1) is 0 Å². The van der Waals surface area contributed by atoms with Crippen molar-refractivity contribution in [2.45, 2.75) is 13.0 Å². The Morgan fingerprint density at radius 3 is 2.59 bits per heavy atom. The Bertz CT molecular complexity index is 625. The largest absolute Gasteiger partial charge is 0.493 e. The fourth-order valence-corrected chi connectivity index (χ4v) is 2.09. The van der Waals surface area contributed by atoms with Gasteiger partial charge in [0.05, 0.1) is 31.6 Å². The van der Waals surface area contributed by atoms with E-state index in [4.69, 9.17) is 9.47 Å². The van der Waals surface area contributed by atoms with E-state index in [1.54, 1.807) is 29.9 Å². The van der Waals surface area contributed by atoms with Crippen LogP contribution in [-0.4, -0.2) is 54.5 Å². The number of ether oxygens (including phenoxy) is 2. The molecule has 6 nitrogen and oxygen atoms in total. The molecule has 1 atom stereocenters. The number of hydrogen-bond donors (Lipinski definition) is 0. The number of carbonyl (C=O) groups is 1. The molecule has 0 aliphatic carbocycles. The van der Waals surface area contributed by atoms with Gasteiger partial charge < -0.3 is 14.4 Å². The molecule has 0 bridgehead atoms. The lowest BCUT2D eigenvalue weighted by Gasteiger charge is -2.23. The van der Waals surface area contributed by atoms with Gasteiger partial charge in [-0.2, -0.15) is 5.10 Å². The Hall–Kier alpha value is -2.34. The first-order valence-electron chi connectivity index (χ1n) is 7.03. The summed E-state index contributed by atoms with van der Waals surface area (Å²) in [5, 5.41) is 4.37. The minimum atomic E-state index is -0.198. The van der Waals surface area contributed by atoms with Gasteiger partial charge in [-0.1, -0.05) is 18.2 Å². The highest BCUT2D eigenvalue weighted by Gasteiger charge is 2.24. The molecule has 22 heavy (non-hydrogen) atoms. The Kier molecular flexibility index (Phi) is 5.16. The first kappa shape index (κ1) is 16.0. The molecular weight excluding hydrogens is 282 g/mol. The summed E-state index contributed by atoms with van der Waals surface area (Å²) in [7, 11) is 4.87. The molecule has 0 N–H and O–H groups in total. The summed E-state index contributed by atoms with van der Waals surface area (Å²) in [5.74, 6) is 0.251. The van der Waals surface area contributed by atoms with Gasteiger partial charge in [-0.15, -0.1) is 0 Å². The number of rotatable bonds is 6. The van der Waals surface area contributed by atoms with E-state index in [2.05, 4.69) is 5.10 Å². The van der Waals surface area contributed by atoms with Gasteiger partial charge >= 0.3 is 0 Å². The van der Waals surface area contributed by atoms with Crippen LogP contribution < -0.4 is 4.74 Å². The zero-order valence-corrected chi connectivity index (χ0v) is 13.3. The van der Waals surface area contributed by atoms with Crippen LogP contribution in [0.4, 0.5) is 0 Å². The third-order valence-corrected chi connectivity index (χ3v) is 3.51. The lowest BCUT2D eigenvalue weighted by atomic mass is 10.2. The average Bonchev–Trinajstić information content (AvgIpc) is 2.98. The van der Waals surface area contributed by atoms with Gasteiger partial charge in [0, 0.05) is 14.2 Å². The second-order valence-corrected chi connectivity index (χ2v) is 5.05. The van der Waals surface area contributed by atoms with Crippen molar-refractivity contribution in [2.24, 2.45) is 0 Å². The van der Waals surface area contributed by atoms with Crippen molar-refractivity contribution in [2.75, 3.05) is 27.9 Å². The number of nitrogens with zero attached hydrogens (tertiary/aromatic N) is 3. The summed E-state index contributed by atoms with van der Waals surface area (Å²) in [4.78, 5) is 14.2. The van der Waals surface area contributed by atoms with Crippen molar-refractivity contribution in [3.63, 3.8) is 0 Å². The maximum Gasteiger partial charge on any atom is 0.278 e. The van der Waals surface area contributed by atoms with Crippen LogP contribution in [0.25, 0.3) is 5.69 Å². The highest BCUT2D eigenvalue weighted by molar-refractivity contribution is 5.95. The van der Waals surface area contributed by atoms with Gasteiger partial charge in [-0.3, -0.25) is 4.79 Å². The molecule has 0 unspecified atom stereocenters. The highest BCUT2D eigenvalue weighted by atomic mass is 16.5. The number of aromatic nitrogens is 2. The summed E-state index contributed by atoms with van der Waals surface area (Å²) >= 11 is 0. The van der Waals surface area contributed by atoms with Crippen LogP contribution in [-0.2, 0) is 4.74 Å². The summed E-state index contributed by atoms with van der Waals surface area (Å²) in [6, 6.07) is 9.53. The highest BCUT2D eigenvalue weighted by Crippen LogP contribution is 2.21. The van der Waals surface area contributed by atoms with E-state index in [0.29, 0.717) is 12.4 Å². The molecule has 118 valence electrons. The Balaban J connectivity index is 2.31. The molecule has 6 heteroatoms. The normalized spacial score (nSPS) is 12.0. The lowest BCUT2D eigenvalue weighted by molar-refractivity contribution is 0.0624. The minimum absolute atomic E-state index is 0.0518. The lowest BCUT2D eigenvalue weighted by Crippen LogP contribution is -2.38. The number of carbonyl (C=O) groups excluding carboxylic acids is 1. The molecule has 0 aliphatic heterocycles. The summed E-state index contributed by atoms with van der Waals surface area (Å²) < 4.78 is 12.0. The van der Waals surface area contributed by atoms with Crippen molar-refractivity contribution in [3.05, 3.63) is 42.2 Å². The van der Waals surface area contributed by atoms with Gasteiger partial charge in [0.1, 0.15) is 0 Å². The molecule has 0 radical (unpaired) electrons. The van der Waals surface area contributed by atoms with Gasteiger partial charge in [-0.25, -0.2) is 4.68 Å². The first-order valence-corrected chi connectivity index (χ1v) is 7.03. The van der Waals surface area contributed by atoms with Gasteiger partial charge in [0.2, 0.25) is 0 Å². The van der Waals surface area contributed by atoms with E-state index < -0.39 is 0 Å². The summed E-state index contributed by atoms with van der Waals surface area (Å²) in [5.41, 5.74) is 1.16. The van der Waals surface area contributed by atoms with E-state index in [1.165, 1.54) is 7.11 Å². The molecule has 0 spiro atoms. The van der Waals surface area contributed by atoms with E-state index >= 15 is 0 Å². The van der Waals surface area contributed by atoms with Crippen molar-refractivity contribution in [1.29, 1.82) is 0 Å². The van der Waals surface area contributed by atoms with Gasteiger partial charge in [0.15, 0.2) is 11.4 Å². The number of para-hydroxylation sites is 1. The molecular formula is C16H21N3O3. The molecule has 0 saturated carbocycles. The Labute approximate surface area is 130 Å². The average molecular weight is 303 g/mol. The second kappa shape index (κ2) is 7.09. The van der Waals surface area contributed by atoms with E-state index in [1.807, 2.05) is 37.3 Å². The summed E-state index contributed by atoms with van der Waals surface area (Å²) in [6.07, 6.45) is 1.71. The topological polar surface area (TPSA) is 56.6 Å². The SMILES string of the molecule is COC[C@@H](C)N(C)C(=O)c1nn(-c2ccccc2)cc1OC. The molecule has 1 amide bonds. The second-order valence-electron chi connectivity index (χ2n) is 5.05. The number of hydrogen-bond acceptors (Lipinski definition) is 4. The smallest absolute Gasteiger partial charge is 0.278 e. The number of methoxy groups -OCH3 is 2. The number of amides is 1. The quantitative estimate of drug-likeness (QED) is 0.819. The van der Waals surface area contributed by atoms with E-state index in [0.717, 1.165) is 5.69 Å². The molecule has 0 saturated heterocycles. The Morgan fingerprint density at radius 2 is 2.00 bits per heavy atom. The van der Waals surface area contributed by atoms with Crippen LogP contribution in [0.2, 0.25) is 0 Å². The van der Waals surface area contributed by atoms with Crippen LogP contribution in [0.15, 0.2) is 36.5 Å². The number of likely N-dealkylation sites (N-methyl/N-ethyl adjacent to an activating group) is 1. The predicted octanol–water partition coefficient (Wildman–Crippen LogP) is 1.99. The van der Waals surface area contributed by atoms with Crippen LogP contribution >= 0.6 is 0 Å². The third kappa shape index (κ3) is 3.28. The van der Waals surface area contributed by atoms with Crippen molar-refractivity contribution >= 4 is 5.91 Å². The van der Waals surface area contributed by atoms with Crippen molar-refractivity contribution < 1.29 is 14.3 Å². The monoisotopic (exact) mass is 303 g/mol. The molecule has 0 aliphatic rings. The van der Waals surface area contributed by atoms with Crippen LogP contribution in [0.1, 0.15) is 17.4 Å². The van der Waals surface area contributed by atoms with Crippen molar-refractivity contribution in [1.82, 2.24) is 14.7 Å². The van der Waals surface area contributed by atoms with Gasteiger partial charge in [-0.05, 0) is 19.1 Å². The van der Waals surface area contributed by atoms with Crippen LogP contribution in [0.5, 0.6) is 5.75 Å². The third-order valence-electron chi connectivity index (χ3n) is 3.51. The zero-order chi connectivity index (χ0) is 16.1. The molecule has 1 heterocycles. The minimum Gasteiger partial charge on any atom is -0.493 e. The zero-order valence-electron chi connectivity index (χ0n) is 13.3. The molecule has 1 aromatic carbocycles. The molecule has 1 aromatic heterocycles. The molecule has 2 rings (SSSR count). The number of benzene rings is 1. The maximum atomic E-state index is 12.6. The van der Waals surface area contributed by atoms with Crippen molar-refractivity contribution in [3.8, 4) is 11.4 Å². The fourth-order valence-electron chi connectivity index (χ4n) is 2.09. The van der Waals surface area contributed by atoms with Crippen LogP contribution in [0.3, 0.4) is 0 Å². The Morgan fingerprint density at radius 1 is 1.32 bits per heavy atom. The van der Waals surface area contributed by atoms with Gasteiger partial charge in [0.25, 0.3) is 5.91 Å². The van der Waals surface area contributed by atoms with E-state index in [9.17, 15) is 4.79 Å². The molecule has 0 fully saturated rings. The summed E-state index contributed by atoms with van der Waals surface area (Å²) in [6.45, 7) is 2.38. The molecule has 2 aromatic rings. The van der Waals surface area contributed by atoms with E-state index in [-0.39, 0.29) is 17.6 Å². The fraction of sp³-hybridized carbons (Fsp3) is 0.375. The maximum absolute atomic E-state index is 12.6. The standard InChI is InChI=1S/C16H21N3O3/c1-12(11-21-3)18(2)16(20)15-14(22-4)10-19(17-15)13-8-6-5-7-9-13/h5-10,12H,11H2,1-4H3/t12-/m1/s1.